The van der Waals surface area contributed by atoms with Gasteiger partial charge < -0.3 is 24.6 Å². The summed E-state index contributed by atoms with van der Waals surface area (Å²) in [6.45, 7) is 19.6. The minimum atomic E-state index is -0.543. The van der Waals surface area contributed by atoms with Crippen molar-refractivity contribution in [2.45, 2.75) is 80.1 Å². The molecule has 2 fully saturated rings. The summed E-state index contributed by atoms with van der Waals surface area (Å²) in [4.78, 5) is 39.1. The van der Waals surface area contributed by atoms with E-state index in [0.717, 1.165) is 0 Å². The maximum atomic E-state index is 13.6. The van der Waals surface area contributed by atoms with E-state index < -0.39 is 16.4 Å². The molecule has 1 saturated heterocycles. The number of aryl methyl sites for hydroxylation is 2. The maximum Gasteiger partial charge on any atom is 0.410 e. The molecule has 1 saturated carbocycles. The smallest absolute Gasteiger partial charge is 0.410 e. The van der Waals surface area contributed by atoms with Crippen molar-refractivity contribution in [2.75, 3.05) is 31.1 Å². The van der Waals surface area contributed by atoms with Crippen molar-refractivity contribution in [1.29, 1.82) is 5.26 Å². The predicted octanol–water partition coefficient (Wildman–Crippen LogP) is 5.29. The van der Waals surface area contributed by atoms with Gasteiger partial charge in [0.15, 0.2) is 0 Å². The number of nitrogens with one attached hydrogen (secondary N) is 1. The van der Waals surface area contributed by atoms with Gasteiger partial charge >= 0.3 is 6.09 Å². The van der Waals surface area contributed by atoms with Crippen LogP contribution in [0.4, 0.5) is 10.7 Å². The van der Waals surface area contributed by atoms with Gasteiger partial charge in [-0.3, -0.25) is 4.79 Å². The molecule has 1 aliphatic carbocycles. The molecule has 1 N–H and O–H groups in total. The number of nitriles is 1. The van der Waals surface area contributed by atoms with Crippen LogP contribution in [0.25, 0.3) is 0 Å². The SMILES string of the molecule is Cc1nc(N2CCN(C(=O)OC(C)(C)C)CC2)nc(C)c1C(=O)N[C@H]1C(C)(C)[C@H](Oc2ccc(C#N)c(Cl)c2)C1(C)C. The normalized spacial score (nSPS) is 21.2. The number of nitrogens with zero attached hydrogens (tertiary/aromatic N) is 5. The monoisotopic (exact) mass is 596 g/mol. The van der Waals surface area contributed by atoms with E-state index >= 15 is 0 Å². The van der Waals surface area contributed by atoms with Gasteiger partial charge in [-0.05, 0) is 46.8 Å². The Balaban J connectivity index is 1.43. The van der Waals surface area contributed by atoms with Crippen LogP contribution >= 0.6 is 11.6 Å². The zero-order chi connectivity index (χ0) is 31.2. The number of hydrogen-bond donors (Lipinski definition) is 1. The highest BCUT2D eigenvalue weighted by atomic mass is 35.5. The van der Waals surface area contributed by atoms with Crippen molar-refractivity contribution in [2.24, 2.45) is 10.8 Å². The summed E-state index contributed by atoms with van der Waals surface area (Å²) in [5, 5.41) is 12.7. The highest BCUT2D eigenvalue weighted by Gasteiger charge is 2.64. The lowest BCUT2D eigenvalue weighted by molar-refractivity contribution is -0.164. The van der Waals surface area contributed by atoms with Crippen LogP contribution in [0.1, 0.15) is 75.8 Å². The Labute approximate surface area is 253 Å². The summed E-state index contributed by atoms with van der Waals surface area (Å²) in [5.41, 5.74) is 0.716. The van der Waals surface area contributed by atoms with Crippen LogP contribution in [-0.4, -0.2) is 70.8 Å². The lowest BCUT2D eigenvalue weighted by atomic mass is 9.49. The fraction of sp³-hybridized carbons (Fsp3) is 0.581. The lowest BCUT2D eigenvalue weighted by Gasteiger charge is -2.63. The van der Waals surface area contributed by atoms with Crippen molar-refractivity contribution in [3.05, 3.63) is 45.7 Å². The first-order valence-corrected chi connectivity index (χ1v) is 14.6. The molecule has 0 atom stereocenters. The molecule has 0 bridgehead atoms. The number of aromatic nitrogens is 2. The Kier molecular flexibility index (Phi) is 8.40. The van der Waals surface area contributed by atoms with Crippen molar-refractivity contribution in [1.82, 2.24) is 20.2 Å². The van der Waals surface area contributed by atoms with Gasteiger partial charge in [0.25, 0.3) is 5.91 Å². The summed E-state index contributed by atoms with van der Waals surface area (Å²) in [6.07, 6.45) is -0.530. The fourth-order valence-corrected chi connectivity index (χ4v) is 6.60. The van der Waals surface area contributed by atoms with Crippen LogP contribution in [0.3, 0.4) is 0 Å². The largest absolute Gasteiger partial charge is 0.489 e. The van der Waals surface area contributed by atoms with Crippen molar-refractivity contribution >= 4 is 29.5 Å². The van der Waals surface area contributed by atoms with Crippen LogP contribution in [-0.2, 0) is 4.74 Å². The van der Waals surface area contributed by atoms with Crippen LogP contribution in [0, 0.1) is 36.0 Å². The van der Waals surface area contributed by atoms with Gasteiger partial charge in [-0.1, -0.05) is 39.3 Å². The Bertz CT molecular complexity index is 1380. The molecule has 1 aromatic carbocycles. The molecule has 0 radical (unpaired) electrons. The molecule has 2 aliphatic rings. The second kappa shape index (κ2) is 11.3. The molecule has 10 nitrogen and oxygen atoms in total. The Morgan fingerprint density at radius 3 is 2.12 bits per heavy atom. The van der Waals surface area contributed by atoms with Gasteiger partial charge in [0, 0.05) is 49.1 Å². The third-order valence-electron chi connectivity index (χ3n) is 8.13. The van der Waals surface area contributed by atoms with Gasteiger partial charge in [0.2, 0.25) is 5.95 Å². The van der Waals surface area contributed by atoms with Crippen LogP contribution < -0.4 is 15.0 Å². The molecule has 2 aromatic rings. The summed E-state index contributed by atoms with van der Waals surface area (Å²) >= 11 is 6.22. The topological polar surface area (TPSA) is 121 Å². The van der Waals surface area contributed by atoms with Gasteiger partial charge in [-0.2, -0.15) is 5.26 Å². The third-order valence-corrected chi connectivity index (χ3v) is 8.44. The molecule has 0 unspecified atom stereocenters. The Morgan fingerprint density at radius 2 is 1.62 bits per heavy atom. The molecule has 0 spiro atoms. The number of ether oxygens (including phenoxy) is 2. The first kappa shape index (κ1) is 31.4. The van der Waals surface area contributed by atoms with Crippen molar-refractivity contribution in [3.8, 4) is 11.8 Å². The zero-order valence-corrected chi connectivity index (χ0v) is 26.7. The van der Waals surface area contributed by atoms with Crippen molar-refractivity contribution < 1.29 is 19.1 Å². The molecule has 2 amide bonds. The van der Waals surface area contributed by atoms with Crippen LogP contribution in [0.15, 0.2) is 18.2 Å². The molecule has 1 aromatic heterocycles. The maximum absolute atomic E-state index is 13.6. The third kappa shape index (κ3) is 6.12. The standard InChI is InChI=1S/C31H41ClN6O4/c1-18-23(19(2)35-27(34-18)37-12-14-38(15-13-37)28(40)42-29(3,4)5)24(39)36-25-30(6,7)26(31(25,8)9)41-21-11-10-20(17-33)22(32)16-21/h10-11,16,25-26H,12-15H2,1-9H3,(H,36,39)/t25-,26-. The second-order valence-corrected chi connectivity index (χ2v) is 13.7. The van der Waals surface area contributed by atoms with E-state index in [-0.39, 0.29) is 24.1 Å². The van der Waals surface area contributed by atoms with E-state index in [1.807, 2.05) is 39.5 Å². The summed E-state index contributed by atoms with van der Waals surface area (Å²) in [5.74, 6) is 0.902. The second-order valence-electron chi connectivity index (χ2n) is 13.3. The average Bonchev–Trinajstić information content (AvgIpc) is 2.89. The number of anilines is 1. The van der Waals surface area contributed by atoms with Crippen LogP contribution in [0.2, 0.25) is 5.02 Å². The van der Waals surface area contributed by atoms with Gasteiger partial charge in [0.05, 0.1) is 27.5 Å². The first-order chi connectivity index (χ1) is 19.5. The number of amides is 2. The van der Waals surface area contributed by atoms with Crippen molar-refractivity contribution in [3.63, 3.8) is 0 Å². The van der Waals surface area contributed by atoms with Gasteiger partial charge in [0.1, 0.15) is 23.5 Å². The Morgan fingerprint density at radius 1 is 1.05 bits per heavy atom. The first-order valence-electron chi connectivity index (χ1n) is 14.2. The number of carbonyl (C=O) groups is 2. The molecule has 4 rings (SSSR count). The van der Waals surface area contributed by atoms with Crippen LogP contribution in [0.5, 0.6) is 5.75 Å². The highest BCUT2D eigenvalue weighted by molar-refractivity contribution is 6.31. The van der Waals surface area contributed by atoms with Gasteiger partial charge in [-0.25, -0.2) is 14.8 Å². The molecular weight excluding hydrogens is 556 g/mol. The van der Waals surface area contributed by atoms with E-state index in [4.69, 9.17) is 26.3 Å². The minimum Gasteiger partial charge on any atom is -0.489 e. The Hall–Kier alpha value is -3.58. The summed E-state index contributed by atoms with van der Waals surface area (Å²) in [7, 11) is 0. The average molecular weight is 597 g/mol. The summed E-state index contributed by atoms with van der Waals surface area (Å²) < 4.78 is 11.8. The van der Waals surface area contributed by atoms with E-state index in [9.17, 15) is 9.59 Å². The summed E-state index contributed by atoms with van der Waals surface area (Å²) in [6, 6.07) is 6.91. The molecule has 2 heterocycles. The van der Waals surface area contributed by atoms with Gasteiger partial charge in [-0.15, -0.1) is 0 Å². The number of rotatable bonds is 5. The van der Waals surface area contributed by atoms with E-state index in [1.165, 1.54) is 0 Å². The number of carbonyl (C=O) groups excluding carboxylic acids is 2. The highest BCUT2D eigenvalue weighted by Crippen LogP contribution is 2.55. The molecule has 11 heteroatoms. The molecule has 42 heavy (non-hydrogen) atoms. The quantitative estimate of drug-likeness (QED) is 0.494. The minimum absolute atomic E-state index is 0.184. The van der Waals surface area contributed by atoms with E-state index in [2.05, 4.69) is 49.0 Å². The number of benzene rings is 1. The molecular formula is C31H41ClN6O4. The fourth-order valence-electron chi connectivity index (χ4n) is 6.38. The molecule has 1 aliphatic heterocycles. The predicted molar refractivity (Wildman–Crippen MR) is 161 cm³/mol. The number of hydrogen-bond acceptors (Lipinski definition) is 8. The lowest BCUT2D eigenvalue weighted by Crippen LogP contribution is -2.74. The van der Waals surface area contributed by atoms with E-state index in [1.54, 1.807) is 23.1 Å². The zero-order valence-electron chi connectivity index (χ0n) is 26.0. The molecule has 226 valence electrons. The number of halogens is 1. The number of piperazine rings is 1. The van der Waals surface area contributed by atoms with E-state index in [0.29, 0.717) is 65.4 Å².